The number of fused-ring (bicyclic) bond motifs is 5. The van der Waals surface area contributed by atoms with E-state index >= 15 is 0 Å². The number of urea groups is 1. The molecule has 48 heteroatoms. The highest BCUT2D eigenvalue weighted by Crippen LogP contribution is 2.50. The first-order valence-corrected chi connectivity index (χ1v) is 49.9. The third-order valence-electron chi connectivity index (χ3n) is 25.1. The number of thioether (sulfide) groups is 1. The number of phenolic OH excluding ortho intramolecular Hbond substituents is 1. The molecule has 145 heavy (non-hydrogen) atoms. The van der Waals surface area contributed by atoms with Crippen LogP contribution < -0.4 is 74.3 Å². The number of guanidine groups is 1. The average molecular weight is 2080 g/mol. The minimum atomic E-state index is -1.96. The fraction of sp³-hybridized carbons (Fsp3) is 0.619. The number of aliphatic hydroxyl groups is 1. The van der Waals surface area contributed by atoms with Crippen LogP contribution in [0, 0.1) is 16.7 Å². The zero-order valence-electron chi connectivity index (χ0n) is 84.7. The molecule has 3 aromatic rings. The van der Waals surface area contributed by atoms with Crippen molar-refractivity contribution in [3.8, 4) is 11.5 Å². The van der Waals surface area contributed by atoms with Gasteiger partial charge in [-0.2, -0.15) is 11.8 Å². The standard InChI is InChI=1S/C97H144ClN19O27S/c1-58-21-18-26-74(138-13)97(136)53-73(142-93(135)111-97)60(3)84-96(9,144-84)75(51-82(126)115(11)71-49-63(47-58)50-72(137-12)83(71)98)143-89(132)61(4)114(10)79(123)35-46-145-57-78(122)108-68(25-20-40-104-91(101)133)86(128)109-69(87(129)110-70(88(130)131)48-62-27-29-65(118)30-28-62)24-15-17-42-116-54-64(112-113-116)56-140-92(134)105-38-16-14-23-67(85(127)102-41-45-139-43-34-77(121)106-59(2)22-19-39-103-90(99)100)107-76(120)33-36-95(7,8)141-44-37-94(5,6)52-66(119)55-117-80(124)31-32-81(117)125/h18,21,26-32,49-50,54,59-61,67-70,73-75,84,118,136H,14-17,19-20,22-25,33-48,51-53,55-57H2,1-13H3,(H,102,127)(H,105,134)(H,106,121)(H,107,120)(H,108,122)(H,109,128)(H,110,129)(H,111,135)(H,130,131)(H4,99,100,103)(H3,101,104,133)/b26-18+,58-21+/t59-,60-,61+,67+,68+,69+,70+,73+,74-,75+,84+,96+,97+/m1/s1. The molecule has 4 aliphatic rings. The van der Waals surface area contributed by atoms with Crippen LogP contribution in [0.2, 0.25) is 5.02 Å². The number of alkyl carbamates (subject to hydrolysis) is 2. The lowest BCUT2D eigenvalue weighted by Gasteiger charge is -2.42. The smallest absolute Gasteiger partial charge is 0.409 e. The third-order valence-corrected chi connectivity index (χ3v) is 26.4. The van der Waals surface area contributed by atoms with Gasteiger partial charge in [-0.05, 0) is 166 Å². The number of amides is 14. The molecule has 1 aromatic heterocycles. The van der Waals surface area contributed by atoms with Crippen molar-refractivity contribution in [3.05, 3.63) is 100 Å². The number of nitrogens with one attached hydrogen (secondary N) is 11. The van der Waals surface area contributed by atoms with Gasteiger partial charge in [0.15, 0.2) is 17.5 Å². The highest BCUT2D eigenvalue weighted by atomic mass is 35.5. The van der Waals surface area contributed by atoms with Crippen LogP contribution in [-0.4, -0.2) is 311 Å². The molecule has 0 radical (unpaired) electrons. The topological polar surface area (TPSA) is 648 Å². The van der Waals surface area contributed by atoms with Crippen molar-refractivity contribution in [2.75, 3.05) is 97.3 Å². The zero-order chi connectivity index (χ0) is 107. The van der Waals surface area contributed by atoms with Crippen LogP contribution in [0.4, 0.5) is 20.1 Å². The van der Waals surface area contributed by atoms with Crippen molar-refractivity contribution in [3.63, 3.8) is 0 Å². The predicted octanol–water partition coefficient (Wildman–Crippen LogP) is 4.08. The van der Waals surface area contributed by atoms with Gasteiger partial charge in [0.05, 0.1) is 62.6 Å². The minimum absolute atomic E-state index is 0.00263. The molecule has 0 aliphatic carbocycles. The second kappa shape index (κ2) is 57.9. The van der Waals surface area contributed by atoms with Crippen LogP contribution in [0.25, 0.3) is 0 Å². The van der Waals surface area contributed by atoms with Gasteiger partial charge in [-0.25, -0.2) is 24.0 Å². The summed E-state index contributed by atoms with van der Waals surface area (Å²) in [4.78, 5) is 217. The van der Waals surface area contributed by atoms with Gasteiger partial charge < -0.3 is 122 Å². The first-order chi connectivity index (χ1) is 68.5. The van der Waals surface area contributed by atoms with E-state index in [1.54, 1.807) is 44.2 Å². The first-order valence-electron chi connectivity index (χ1n) is 48.4. The number of Topliss-reactive ketones (excluding diaryl/α,β-unsaturated/α-hetero) is 1. The Morgan fingerprint density at radius 2 is 1.41 bits per heavy atom. The number of unbranched alkanes of at least 4 members (excludes halogenated alkanes) is 2. The lowest BCUT2D eigenvalue weighted by molar-refractivity contribution is -0.162. The van der Waals surface area contributed by atoms with Gasteiger partial charge in [-0.1, -0.05) is 73.5 Å². The summed E-state index contributed by atoms with van der Waals surface area (Å²) in [6.45, 7) is 16.3. The molecule has 18 N–H and O–H groups in total. The largest absolute Gasteiger partial charge is 0.508 e. The summed E-state index contributed by atoms with van der Waals surface area (Å²) in [6, 6.07) is 1.42. The molecule has 46 nitrogen and oxygen atoms in total. The number of carbonyl (C=O) groups is 16. The van der Waals surface area contributed by atoms with Crippen molar-refractivity contribution in [1.82, 2.24) is 78.0 Å². The van der Waals surface area contributed by atoms with Crippen LogP contribution in [0.15, 0.2) is 78.5 Å². The molecule has 5 heterocycles. The normalized spacial score (nSPS) is 20.2. The minimum Gasteiger partial charge on any atom is -0.508 e. The summed E-state index contributed by atoms with van der Waals surface area (Å²) in [5.41, 5.74) is 8.43. The molecule has 2 saturated heterocycles. The molecule has 7 rings (SSSR count). The maximum absolute atomic E-state index is 14.6. The number of likely N-dealkylation sites (N-methyl/N-ethyl adjacent to an activating group) is 1. The van der Waals surface area contributed by atoms with Gasteiger partial charge >= 0.3 is 30.2 Å². The number of hydrogen-bond acceptors (Lipinski definition) is 30. The van der Waals surface area contributed by atoms with Crippen LogP contribution in [0.3, 0.4) is 0 Å². The molecule has 4 aliphatic heterocycles. The number of allylic oxidation sites excluding steroid dienone is 3. The van der Waals surface area contributed by atoms with E-state index in [1.807, 2.05) is 41.5 Å². The number of imide groups is 1. The Morgan fingerprint density at radius 1 is 0.772 bits per heavy atom. The quantitative estimate of drug-likeness (QED) is 0.00720. The number of hydrogen-bond donors (Lipinski definition) is 16. The van der Waals surface area contributed by atoms with E-state index < -0.39 is 173 Å². The highest BCUT2D eigenvalue weighted by molar-refractivity contribution is 7.99. The first kappa shape index (κ1) is 119. The molecule has 2 aromatic carbocycles. The number of aromatic hydroxyl groups is 1. The van der Waals surface area contributed by atoms with E-state index in [4.69, 9.17) is 66.4 Å². The van der Waals surface area contributed by atoms with E-state index in [0.717, 1.165) is 39.3 Å². The molecule has 2 fully saturated rings. The molecule has 14 amide bonds. The molecular weight excluding hydrogens is 1930 g/mol. The second-order valence-electron chi connectivity index (χ2n) is 38.1. The Labute approximate surface area is 852 Å². The van der Waals surface area contributed by atoms with Gasteiger partial charge in [-0.15, -0.1) is 5.10 Å². The van der Waals surface area contributed by atoms with Gasteiger partial charge in [0.1, 0.15) is 82.9 Å². The van der Waals surface area contributed by atoms with Crippen molar-refractivity contribution in [1.29, 1.82) is 5.41 Å². The van der Waals surface area contributed by atoms with Gasteiger partial charge in [0.2, 0.25) is 47.3 Å². The molecule has 0 unspecified atom stereocenters. The number of ether oxygens (including phenoxy) is 8. The number of methoxy groups -OCH3 is 2. The molecule has 13 atom stereocenters. The monoisotopic (exact) mass is 2070 g/mol. The number of aromatic nitrogens is 3. The SMILES string of the molecule is COc1cc2cc(c1Cl)N(C)C(=O)C[C@H](OC(=O)[C@H](C)N(C)C(=O)CCSCC(=O)N[C@@H](CCCNC(N)=O)C(=O)N[C@@H](CCCCn1cc(COC(=O)NCCCC[C@H](NC(=O)CCC(C)(C)OCCC(C)(C)CC(=O)CN3C(=O)C=CC3=O)C(=O)NCCOCCC(=O)N[C@H](C)CCCNC(=N)N)nn1)C(=O)N[C@@H](Cc1ccc(O)cc1)C(=O)O)[C@]1(C)O[C@H]1[C@H](C)[C@@H]1C[C@@](O)(NC(=O)O1)[C@H](OC)/C=C/C=C(\C)C2. The van der Waals surface area contributed by atoms with Crippen molar-refractivity contribution >= 4 is 130 Å². The predicted molar refractivity (Wildman–Crippen MR) is 531 cm³/mol. The number of carbonyl (C=O) groups excluding carboxylic acids is 15. The number of ketones is 1. The number of anilines is 1. The number of benzene rings is 2. The fourth-order valence-corrected chi connectivity index (χ4v) is 17.4. The number of nitrogens with two attached hydrogens (primary N) is 2. The van der Waals surface area contributed by atoms with Gasteiger partial charge in [-0.3, -0.25) is 73.0 Å². The zero-order valence-corrected chi connectivity index (χ0v) is 86.2. The van der Waals surface area contributed by atoms with Crippen molar-refractivity contribution in [2.24, 2.45) is 22.8 Å². The lowest BCUT2D eigenvalue weighted by Crippen LogP contribution is -2.63. The summed E-state index contributed by atoms with van der Waals surface area (Å²) in [5.74, 6) is -9.48. The highest BCUT2D eigenvalue weighted by Gasteiger charge is 2.65. The number of carboxylic acid groups (broad SMARTS) is 1. The molecule has 0 spiro atoms. The number of aryl methyl sites for hydroxylation is 1. The van der Waals surface area contributed by atoms with Crippen LogP contribution in [0.1, 0.15) is 195 Å². The Kier molecular flexibility index (Phi) is 47.7. The summed E-state index contributed by atoms with van der Waals surface area (Å²) in [6.07, 6.45) is 5.36. The summed E-state index contributed by atoms with van der Waals surface area (Å²) < 4.78 is 48.3. The summed E-state index contributed by atoms with van der Waals surface area (Å²) in [5, 5.41) is 74.6. The number of primary amides is 1. The average Bonchev–Trinajstić information content (AvgIpc) is 1.57. The maximum atomic E-state index is 14.6. The fourth-order valence-electron chi connectivity index (χ4n) is 16.4. The van der Waals surface area contributed by atoms with Gasteiger partial charge in [0, 0.05) is 129 Å². The van der Waals surface area contributed by atoms with E-state index in [9.17, 15) is 92.0 Å². The number of esters is 1. The number of aliphatic carboxylic acids is 1. The van der Waals surface area contributed by atoms with E-state index in [0.29, 0.717) is 56.2 Å². The van der Waals surface area contributed by atoms with Crippen LogP contribution in [-0.2, 0) is 121 Å². The second-order valence-corrected chi connectivity index (χ2v) is 39.6. The van der Waals surface area contributed by atoms with Crippen molar-refractivity contribution < 1.29 is 130 Å². The number of phenols is 1. The Bertz CT molecular complexity index is 5060. The maximum Gasteiger partial charge on any atom is 0.409 e. The van der Waals surface area contributed by atoms with Crippen LogP contribution in [0.5, 0.6) is 11.5 Å². The third kappa shape index (κ3) is 40.4. The number of halogens is 1. The molecule has 0 saturated carbocycles. The number of nitrogens with zero attached hydrogens (tertiary/aromatic N) is 6. The molecule has 802 valence electrons. The lowest BCUT2D eigenvalue weighted by atomic mass is 9.83. The Balaban J connectivity index is 0.921. The van der Waals surface area contributed by atoms with Crippen LogP contribution >= 0.6 is 23.4 Å². The summed E-state index contributed by atoms with van der Waals surface area (Å²) >= 11 is 7.88. The van der Waals surface area contributed by atoms with E-state index in [1.165, 1.54) is 75.3 Å². The van der Waals surface area contributed by atoms with E-state index in [-0.39, 0.29) is 206 Å². The van der Waals surface area contributed by atoms with Gasteiger partial charge in [0.25, 0.3) is 11.8 Å². The number of rotatable bonds is 58. The molecule has 4 bridgehead atoms. The Morgan fingerprint density at radius 3 is 2.09 bits per heavy atom. The summed E-state index contributed by atoms with van der Waals surface area (Å²) in [7, 11) is 5.68. The number of epoxide rings is 1. The Hall–Kier alpha value is -12.6. The number of carboxylic acids is 1. The van der Waals surface area contributed by atoms with E-state index in [2.05, 4.69) is 63.5 Å². The van der Waals surface area contributed by atoms with Crippen molar-refractivity contribution in [2.45, 2.75) is 281 Å². The molecular formula is C97H144ClN19O27S.